The molecule has 0 bridgehead atoms. The van der Waals surface area contributed by atoms with E-state index in [2.05, 4.69) is 30.4 Å². The third-order valence-corrected chi connectivity index (χ3v) is 7.55. The van der Waals surface area contributed by atoms with Crippen molar-refractivity contribution in [3.63, 3.8) is 0 Å². The summed E-state index contributed by atoms with van der Waals surface area (Å²) >= 11 is 1.48. The fourth-order valence-electron chi connectivity index (χ4n) is 4.61. The molecule has 0 radical (unpaired) electrons. The van der Waals surface area contributed by atoms with Gasteiger partial charge in [-0.1, -0.05) is 0 Å². The van der Waals surface area contributed by atoms with E-state index in [9.17, 15) is 9.59 Å². The van der Waals surface area contributed by atoms with Crippen molar-refractivity contribution in [1.82, 2.24) is 34.3 Å². The molecule has 35 heavy (non-hydrogen) atoms. The second-order valence-electron chi connectivity index (χ2n) is 8.81. The zero-order valence-electron chi connectivity index (χ0n) is 19.3. The Morgan fingerprint density at radius 3 is 2.83 bits per heavy atom. The number of carbonyl (C=O) groups excluding carboxylic acids is 1. The maximum absolute atomic E-state index is 13.0. The molecule has 0 atom stereocenters. The molecule has 1 fully saturated rings. The number of aromatic nitrogens is 6. The van der Waals surface area contributed by atoms with Gasteiger partial charge in [0.15, 0.2) is 0 Å². The van der Waals surface area contributed by atoms with E-state index in [1.807, 2.05) is 19.4 Å². The Labute approximate surface area is 203 Å². The lowest BCUT2D eigenvalue weighted by Gasteiger charge is -2.30. The van der Waals surface area contributed by atoms with Crippen LogP contribution < -0.4 is 10.9 Å². The predicted molar refractivity (Wildman–Crippen MR) is 134 cm³/mol. The van der Waals surface area contributed by atoms with Crippen molar-refractivity contribution >= 4 is 49.7 Å². The second-order valence-corrected chi connectivity index (χ2v) is 9.84. The first kappa shape index (κ1) is 21.9. The number of hydrogen-bond donors (Lipinski definition) is 2. The first-order chi connectivity index (χ1) is 17.0. The minimum atomic E-state index is -0.242. The number of H-pyrrole nitrogens is 1. The Morgan fingerprint density at radius 2 is 2.09 bits per heavy atom. The molecule has 0 saturated carbocycles. The SMILES string of the molecule is COC1CCN(CC(=O)Nc2cnc3c(c2)[nH]c(=O)c2c3nn3cc(-c4cnn(C)c4)sc23)CC1. The van der Waals surface area contributed by atoms with Gasteiger partial charge in [-0.15, -0.1) is 11.3 Å². The molecule has 5 aromatic heterocycles. The fraction of sp³-hybridized carbons (Fsp3) is 0.348. The maximum Gasteiger partial charge on any atom is 0.261 e. The Kier molecular flexibility index (Phi) is 5.35. The first-order valence-electron chi connectivity index (χ1n) is 11.4. The molecule has 0 spiro atoms. The van der Waals surface area contributed by atoms with E-state index in [1.165, 1.54) is 11.3 Å². The van der Waals surface area contributed by atoms with Gasteiger partial charge in [0.05, 0.1) is 41.1 Å². The largest absolute Gasteiger partial charge is 0.381 e. The van der Waals surface area contributed by atoms with E-state index >= 15 is 0 Å². The average molecular weight is 493 g/mol. The van der Waals surface area contributed by atoms with E-state index in [-0.39, 0.29) is 17.6 Å². The summed E-state index contributed by atoms with van der Waals surface area (Å²) < 4.78 is 8.84. The molecule has 6 rings (SSSR count). The summed E-state index contributed by atoms with van der Waals surface area (Å²) in [5, 5.41) is 12.3. The van der Waals surface area contributed by atoms with Crippen LogP contribution in [0.4, 0.5) is 5.69 Å². The lowest BCUT2D eigenvalue weighted by atomic mass is 10.1. The van der Waals surface area contributed by atoms with E-state index in [0.717, 1.165) is 41.2 Å². The summed E-state index contributed by atoms with van der Waals surface area (Å²) in [6, 6.07) is 1.73. The summed E-state index contributed by atoms with van der Waals surface area (Å²) in [7, 11) is 3.59. The van der Waals surface area contributed by atoms with Gasteiger partial charge in [-0.05, 0) is 18.9 Å². The van der Waals surface area contributed by atoms with Crippen LogP contribution in [0.15, 0.2) is 35.6 Å². The summed E-state index contributed by atoms with van der Waals surface area (Å²) in [5.41, 5.74) is 2.90. The molecule has 12 heteroatoms. The zero-order valence-corrected chi connectivity index (χ0v) is 20.1. The monoisotopic (exact) mass is 492 g/mol. The van der Waals surface area contributed by atoms with Crippen LogP contribution in [-0.4, -0.2) is 73.0 Å². The number of anilines is 1. The highest BCUT2D eigenvalue weighted by atomic mass is 32.1. The fourth-order valence-corrected chi connectivity index (χ4v) is 5.67. The van der Waals surface area contributed by atoms with Crippen molar-refractivity contribution < 1.29 is 9.53 Å². The van der Waals surface area contributed by atoms with Crippen molar-refractivity contribution in [3.05, 3.63) is 41.2 Å². The van der Waals surface area contributed by atoms with Crippen molar-refractivity contribution in [2.24, 2.45) is 7.05 Å². The van der Waals surface area contributed by atoms with Crippen molar-refractivity contribution in [1.29, 1.82) is 0 Å². The van der Waals surface area contributed by atoms with Crippen LogP contribution in [-0.2, 0) is 16.6 Å². The van der Waals surface area contributed by atoms with Crippen LogP contribution in [0.2, 0.25) is 0 Å². The highest BCUT2D eigenvalue weighted by molar-refractivity contribution is 7.21. The number of likely N-dealkylation sites (tertiary alicyclic amines) is 1. The normalized spacial score (nSPS) is 15.5. The number of aromatic amines is 1. The smallest absolute Gasteiger partial charge is 0.261 e. The van der Waals surface area contributed by atoms with E-state index < -0.39 is 0 Å². The standard InChI is InChI=1S/C23H24N8O3S/c1-29-10-13(8-25-29)17-11-31-23(35-17)19-21(28-31)20-16(27-22(19)33)7-14(9-24-20)26-18(32)12-30-5-3-15(34-2)4-6-30/h7-11,15H,3-6,12H2,1-2H3,(H,26,32)(H,27,33). The first-order valence-corrected chi connectivity index (χ1v) is 12.2. The highest BCUT2D eigenvalue weighted by Gasteiger charge is 2.21. The third kappa shape index (κ3) is 3.99. The average Bonchev–Trinajstić information content (AvgIpc) is 3.53. The molecule has 6 heterocycles. The van der Waals surface area contributed by atoms with Gasteiger partial charge >= 0.3 is 0 Å². The van der Waals surface area contributed by atoms with Crippen LogP contribution in [0.3, 0.4) is 0 Å². The number of piperidine rings is 1. The van der Waals surface area contributed by atoms with Crippen molar-refractivity contribution in [2.45, 2.75) is 18.9 Å². The number of amides is 1. The number of methoxy groups -OCH3 is 1. The molecule has 0 unspecified atom stereocenters. The summed E-state index contributed by atoms with van der Waals surface area (Å²) in [6.45, 7) is 1.96. The number of nitrogens with one attached hydrogen (secondary N) is 2. The van der Waals surface area contributed by atoms with Crippen LogP contribution in [0, 0.1) is 0 Å². The Balaban J connectivity index is 1.27. The van der Waals surface area contributed by atoms with Gasteiger partial charge < -0.3 is 15.0 Å². The highest BCUT2D eigenvalue weighted by Crippen LogP contribution is 2.33. The molecule has 1 saturated heterocycles. The number of fused-ring (bicyclic) bond motifs is 5. The third-order valence-electron chi connectivity index (χ3n) is 6.41. The topological polar surface area (TPSA) is 122 Å². The minimum Gasteiger partial charge on any atom is -0.381 e. The van der Waals surface area contributed by atoms with Gasteiger partial charge in [0, 0.05) is 45.2 Å². The van der Waals surface area contributed by atoms with Crippen molar-refractivity contribution in [3.8, 4) is 10.4 Å². The van der Waals surface area contributed by atoms with Gasteiger partial charge in [-0.2, -0.15) is 10.2 Å². The van der Waals surface area contributed by atoms with E-state index in [1.54, 1.807) is 34.8 Å². The van der Waals surface area contributed by atoms with Crippen molar-refractivity contribution in [2.75, 3.05) is 32.1 Å². The molecule has 1 aliphatic rings. The van der Waals surface area contributed by atoms with E-state index in [0.29, 0.717) is 34.2 Å². The summed E-state index contributed by atoms with van der Waals surface area (Å²) in [4.78, 5) is 36.9. The van der Waals surface area contributed by atoms with E-state index in [4.69, 9.17) is 4.74 Å². The molecular formula is C23H24N8O3S. The predicted octanol–water partition coefficient (Wildman–Crippen LogP) is 2.24. The Hall–Kier alpha value is -3.61. The Bertz CT molecular complexity index is 1620. The molecule has 0 aromatic carbocycles. The zero-order chi connectivity index (χ0) is 24.1. The quantitative estimate of drug-likeness (QED) is 0.386. The number of thiazole rings is 1. The van der Waals surface area contributed by atoms with Crippen LogP contribution in [0.1, 0.15) is 12.8 Å². The maximum atomic E-state index is 13.0. The molecule has 11 nitrogen and oxygen atoms in total. The van der Waals surface area contributed by atoms with Gasteiger partial charge in [0.2, 0.25) is 5.91 Å². The molecule has 5 aromatic rings. The molecule has 1 aliphatic heterocycles. The Morgan fingerprint density at radius 1 is 1.26 bits per heavy atom. The molecule has 1 amide bonds. The number of ether oxygens (including phenoxy) is 1. The van der Waals surface area contributed by atoms with Gasteiger partial charge in [-0.25, -0.2) is 4.52 Å². The number of hydrogen-bond acceptors (Lipinski definition) is 8. The molecule has 180 valence electrons. The molecule has 0 aliphatic carbocycles. The number of nitrogens with zero attached hydrogens (tertiary/aromatic N) is 6. The molecule has 2 N–H and O–H groups in total. The van der Waals surface area contributed by atoms with Crippen LogP contribution in [0.25, 0.3) is 37.2 Å². The van der Waals surface area contributed by atoms with Gasteiger partial charge in [0.1, 0.15) is 21.3 Å². The second kappa shape index (κ2) is 8.56. The summed E-state index contributed by atoms with van der Waals surface area (Å²) in [6.07, 6.45) is 9.32. The number of pyridine rings is 2. The molecular weight excluding hydrogens is 468 g/mol. The lowest BCUT2D eigenvalue weighted by molar-refractivity contribution is -0.117. The lowest BCUT2D eigenvalue weighted by Crippen LogP contribution is -2.41. The number of rotatable bonds is 5. The number of aryl methyl sites for hydroxylation is 1. The van der Waals surface area contributed by atoms with Gasteiger partial charge in [-0.3, -0.25) is 24.2 Å². The van der Waals surface area contributed by atoms with Crippen LogP contribution in [0.5, 0.6) is 0 Å². The van der Waals surface area contributed by atoms with Crippen LogP contribution >= 0.6 is 11.3 Å². The number of carbonyl (C=O) groups is 1. The summed E-state index contributed by atoms with van der Waals surface area (Å²) in [5.74, 6) is -0.115. The minimum absolute atomic E-state index is 0.115. The van der Waals surface area contributed by atoms with Gasteiger partial charge in [0.25, 0.3) is 5.56 Å².